The monoisotopic (exact) mass is 365 g/mol. The molecule has 1 N–H and O–H groups in total. The first kappa shape index (κ1) is 17.0. The minimum Gasteiger partial charge on any atom is -0.364 e. The highest BCUT2D eigenvalue weighted by Crippen LogP contribution is 2.39. The van der Waals surface area contributed by atoms with Crippen molar-refractivity contribution in [2.24, 2.45) is 5.92 Å². The van der Waals surface area contributed by atoms with E-state index in [9.17, 15) is 10.1 Å². The molecule has 0 atom stereocenters. The maximum Gasteiger partial charge on any atom is 0.319 e. The van der Waals surface area contributed by atoms with Crippen molar-refractivity contribution >= 4 is 34.7 Å². The van der Waals surface area contributed by atoms with Crippen LogP contribution in [0.3, 0.4) is 0 Å². The minimum absolute atomic E-state index is 0.0619. The third-order valence-corrected chi connectivity index (χ3v) is 4.65. The molecule has 0 aliphatic heterocycles. The zero-order valence-electron chi connectivity index (χ0n) is 13.0. The summed E-state index contributed by atoms with van der Waals surface area (Å²) < 4.78 is 0. The van der Waals surface area contributed by atoms with E-state index in [4.69, 9.17) is 23.2 Å². The van der Waals surface area contributed by atoms with Crippen LogP contribution in [0.15, 0.2) is 30.5 Å². The molecule has 24 heavy (non-hydrogen) atoms. The van der Waals surface area contributed by atoms with Crippen LogP contribution in [0, 0.1) is 16.0 Å². The van der Waals surface area contributed by atoms with E-state index in [0.29, 0.717) is 27.7 Å². The van der Waals surface area contributed by atoms with Crippen LogP contribution in [-0.2, 0) is 0 Å². The van der Waals surface area contributed by atoms with E-state index in [2.05, 4.69) is 10.3 Å². The Balaban J connectivity index is 1.87. The predicted octanol–water partition coefficient (Wildman–Crippen LogP) is 5.57. The normalized spacial score (nSPS) is 13.8. The molecule has 126 valence electrons. The van der Waals surface area contributed by atoms with Gasteiger partial charge in [-0.15, -0.1) is 0 Å². The molecule has 1 aliphatic carbocycles. The molecule has 7 heteroatoms. The first-order valence-corrected chi connectivity index (χ1v) is 8.64. The summed E-state index contributed by atoms with van der Waals surface area (Å²) >= 11 is 12.1. The Morgan fingerprint density at radius 2 is 2.04 bits per heavy atom. The topological polar surface area (TPSA) is 68.1 Å². The molecule has 1 saturated carbocycles. The minimum atomic E-state index is -0.420. The second-order valence-electron chi connectivity index (χ2n) is 5.95. The van der Waals surface area contributed by atoms with Gasteiger partial charge in [-0.05, 0) is 37.0 Å². The van der Waals surface area contributed by atoms with E-state index in [1.54, 1.807) is 30.5 Å². The molecule has 3 rings (SSSR count). The SMILES string of the molecule is O=[N+]([O-])c1c(-c2ccc(Cl)cc2Cl)ccnc1NCCCC1CC1. The number of nitrogens with one attached hydrogen (secondary N) is 1. The number of rotatable bonds is 7. The van der Waals surface area contributed by atoms with Gasteiger partial charge in [-0.3, -0.25) is 10.1 Å². The van der Waals surface area contributed by atoms with Crippen LogP contribution in [0.1, 0.15) is 25.7 Å². The summed E-state index contributed by atoms with van der Waals surface area (Å²) in [6, 6.07) is 6.52. The van der Waals surface area contributed by atoms with E-state index >= 15 is 0 Å². The lowest BCUT2D eigenvalue weighted by Crippen LogP contribution is -2.07. The number of hydrogen-bond donors (Lipinski definition) is 1. The third kappa shape index (κ3) is 3.97. The maximum absolute atomic E-state index is 11.6. The fourth-order valence-corrected chi connectivity index (χ4v) is 3.21. The number of nitrogens with zero attached hydrogens (tertiary/aromatic N) is 2. The van der Waals surface area contributed by atoms with Gasteiger partial charge < -0.3 is 5.32 Å². The summed E-state index contributed by atoms with van der Waals surface area (Å²) in [5.41, 5.74) is 0.936. The predicted molar refractivity (Wildman–Crippen MR) is 96.8 cm³/mol. The number of nitro groups is 1. The molecule has 0 saturated heterocycles. The number of aromatic nitrogens is 1. The van der Waals surface area contributed by atoms with Crippen molar-refractivity contribution in [1.29, 1.82) is 0 Å². The number of pyridine rings is 1. The van der Waals surface area contributed by atoms with Gasteiger partial charge in [0.25, 0.3) is 0 Å². The molecule has 1 aromatic heterocycles. The smallest absolute Gasteiger partial charge is 0.319 e. The Labute approximate surface area is 150 Å². The lowest BCUT2D eigenvalue weighted by Gasteiger charge is -2.10. The van der Waals surface area contributed by atoms with Crippen LogP contribution in [0.2, 0.25) is 10.0 Å². The van der Waals surface area contributed by atoms with Crippen LogP contribution in [0.5, 0.6) is 0 Å². The van der Waals surface area contributed by atoms with Crippen molar-refractivity contribution in [3.8, 4) is 11.1 Å². The first-order chi connectivity index (χ1) is 11.6. The first-order valence-electron chi connectivity index (χ1n) is 7.89. The molecular formula is C17H17Cl2N3O2. The van der Waals surface area contributed by atoms with Gasteiger partial charge in [0.15, 0.2) is 0 Å². The molecule has 0 spiro atoms. The van der Waals surface area contributed by atoms with Gasteiger partial charge in [-0.2, -0.15) is 0 Å². The number of anilines is 1. The summed E-state index contributed by atoms with van der Waals surface area (Å²) in [5.74, 6) is 1.12. The molecular weight excluding hydrogens is 349 g/mol. The van der Waals surface area contributed by atoms with Crippen LogP contribution >= 0.6 is 23.2 Å². The van der Waals surface area contributed by atoms with Gasteiger partial charge in [0.1, 0.15) is 0 Å². The van der Waals surface area contributed by atoms with Crippen LogP contribution in [-0.4, -0.2) is 16.5 Å². The molecule has 1 aliphatic rings. The maximum atomic E-state index is 11.6. The third-order valence-electron chi connectivity index (χ3n) is 4.11. The highest BCUT2D eigenvalue weighted by atomic mass is 35.5. The Kier molecular flexibility index (Phi) is 5.21. The van der Waals surface area contributed by atoms with Crippen molar-refractivity contribution in [2.45, 2.75) is 25.7 Å². The fourth-order valence-electron chi connectivity index (χ4n) is 2.70. The van der Waals surface area contributed by atoms with Gasteiger partial charge in [0.2, 0.25) is 5.82 Å². The molecule has 0 unspecified atom stereocenters. The lowest BCUT2D eigenvalue weighted by molar-refractivity contribution is -0.383. The Hall–Kier alpha value is -1.85. The molecule has 0 radical (unpaired) electrons. The van der Waals surface area contributed by atoms with Crippen molar-refractivity contribution in [1.82, 2.24) is 4.98 Å². The molecule has 1 heterocycles. The number of halogens is 2. The largest absolute Gasteiger partial charge is 0.364 e. The van der Waals surface area contributed by atoms with Gasteiger partial charge in [0, 0.05) is 23.3 Å². The quantitative estimate of drug-likeness (QED) is 0.395. The second-order valence-corrected chi connectivity index (χ2v) is 6.79. The van der Waals surface area contributed by atoms with Crippen LogP contribution in [0.25, 0.3) is 11.1 Å². The zero-order chi connectivity index (χ0) is 17.1. The number of benzene rings is 1. The van der Waals surface area contributed by atoms with E-state index < -0.39 is 4.92 Å². The molecule has 0 bridgehead atoms. The summed E-state index contributed by atoms with van der Waals surface area (Å²) in [7, 11) is 0. The number of hydrogen-bond acceptors (Lipinski definition) is 4. The molecule has 2 aromatic rings. The molecule has 1 aromatic carbocycles. The second kappa shape index (κ2) is 7.36. The molecule has 5 nitrogen and oxygen atoms in total. The van der Waals surface area contributed by atoms with Gasteiger partial charge in [-0.1, -0.05) is 42.1 Å². The lowest BCUT2D eigenvalue weighted by atomic mass is 10.0. The van der Waals surface area contributed by atoms with E-state index in [1.165, 1.54) is 12.8 Å². The average Bonchev–Trinajstić information content (AvgIpc) is 3.35. The van der Waals surface area contributed by atoms with E-state index in [-0.39, 0.29) is 11.5 Å². The Morgan fingerprint density at radius 3 is 2.71 bits per heavy atom. The summed E-state index contributed by atoms with van der Waals surface area (Å²) in [5, 5.41) is 15.6. The summed E-state index contributed by atoms with van der Waals surface area (Å²) in [4.78, 5) is 15.3. The Bertz CT molecular complexity index is 763. The van der Waals surface area contributed by atoms with E-state index in [0.717, 1.165) is 18.8 Å². The molecule has 0 amide bonds. The van der Waals surface area contributed by atoms with Gasteiger partial charge in [-0.25, -0.2) is 4.98 Å². The Morgan fingerprint density at radius 1 is 1.25 bits per heavy atom. The van der Waals surface area contributed by atoms with Gasteiger partial charge in [0.05, 0.1) is 15.5 Å². The van der Waals surface area contributed by atoms with Crippen molar-refractivity contribution < 1.29 is 4.92 Å². The van der Waals surface area contributed by atoms with Crippen molar-refractivity contribution in [3.05, 3.63) is 50.6 Å². The van der Waals surface area contributed by atoms with Crippen LogP contribution < -0.4 is 5.32 Å². The van der Waals surface area contributed by atoms with Crippen molar-refractivity contribution in [3.63, 3.8) is 0 Å². The highest BCUT2D eigenvalue weighted by Gasteiger charge is 2.24. The summed E-state index contributed by atoms with van der Waals surface area (Å²) in [6.45, 7) is 0.669. The average molecular weight is 366 g/mol. The van der Waals surface area contributed by atoms with Crippen molar-refractivity contribution in [2.75, 3.05) is 11.9 Å². The standard InChI is InChI=1S/C17H17Cl2N3O2/c18-12-5-6-13(15(19)10-12)14-7-9-21-17(16(14)22(23)24)20-8-1-2-11-3-4-11/h5-7,9-11H,1-4,8H2,(H,20,21). The summed E-state index contributed by atoms with van der Waals surface area (Å²) in [6.07, 6.45) is 6.31. The van der Waals surface area contributed by atoms with E-state index in [1.807, 2.05) is 0 Å². The van der Waals surface area contributed by atoms with Crippen LogP contribution in [0.4, 0.5) is 11.5 Å². The highest BCUT2D eigenvalue weighted by molar-refractivity contribution is 6.36. The van der Waals surface area contributed by atoms with Gasteiger partial charge >= 0.3 is 5.69 Å². The zero-order valence-corrected chi connectivity index (χ0v) is 14.5. The fraction of sp³-hybridized carbons (Fsp3) is 0.353. The molecule has 1 fully saturated rings.